The summed E-state index contributed by atoms with van der Waals surface area (Å²) in [6, 6.07) is 0. The van der Waals surface area contributed by atoms with Gasteiger partial charge in [-0.25, -0.2) is 0 Å². The van der Waals surface area contributed by atoms with Crippen molar-refractivity contribution in [3.8, 4) is 0 Å². The first-order valence-corrected chi connectivity index (χ1v) is 6.75. The summed E-state index contributed by atoms with van der Waals surface area (Å²) < 4.78 is 0. The fourth-order valence-electron chi connectivity index (χ4n) is 5.38. The van der Waals surface area contributed by atoms with Crippen LogP contribution >= 0.6 is 0 Å². The predicted octanol–water partition coefficient (Wildman–Crippen LogP) is 3.53. The maximum Gasteiger partial charge on any atom is 0.0913 e. The molecule has 0 heterocycles. The summed E-state index contributed by atoms with van der Waals surface area (Å²) >= 11 is 0. The first kappa shape index (κ1) is 10.8. The van der Waals surface area contributed by atoms with Crippen LogP contribution in [0.25, 0.3) is 0 Å². The van der Waals surface area contributed by atoms with Crippen LogP contribution in [0.15, 0.2) is 12.2 Å². The molecule has 3 saturated carbocycles. The van der Waals surface area contributed by atoms with E-state index in [4.69, 9.17) is 0 Å². The van der Waals surface area contributed by atoms with E-state index >= 15 is 0 Å². The number of hydrogen-bond donors (Lipinski definition) is 1. The van der Waals surface area contributed by atoms with Crippen molar-refractivity contribution in [1.29, 1.82) is 0 Å². The molecular formula is C15H24O. The highest BCUT2D eigenvalue weighted by molar-refractivity contribution is 5.32. The molecule has 0 radical (unpaired) electrons. The van der Waals surface area contributed by atoms with E-state index in [9.17, 15) is 5.11 Å². The van der Waals surface area contributed by atoms with Crippen molar-refractivity contribution < 1.29 is 5.11 Å². The molecule has 1 spiro atoms. The molecule has 0 amide bonds. The third-order valence-corrected chi connectivity index (χ3v) is 6.56. The van der Waals surface area contributed by atoms with E-state index in [1.54, 1.807) is 0 Å². The zero-order chi connectivity index (χ0) is 11.8. The van der Waals surface area contributed by atoms with Gasteiger partial charge < -0.3 is 5.11 Å². The Morgan fingerprint density at radius 3 is 2.69 bits per heavy atom. The smallest absolute Gasteiger partial charge is 0.0913 e. The van der Waals surface area contributed by atoms with Crippen LogP contribution in [-0.4, -0.2) is 10.7 Å². The largest absolute Gasteiger partial charge is 0.385 e. The van der Waals surface area contributed by atoms with Crippen LogP contribution in [0.5, 0.6) is 0 Å². The van der Waals surface area contributed by atoms with Gasteiger partial charge in [0.15, 0.2) is 0 Å². The van der Waals surface area contributed by atoms with Crippen molar-refractivity contribution in [2.45, 2.75) is 58.5 Å². The highest BCUT2D eigenvalue weighted by atomic mass is 16.3. The summed E-state index contributed by atoms with van der Waals surface area (Å²) in [4.78, 5) is 0. The molecule has 3 fully saturated rings. The maximum absolute atomic E-state index is 11.0. The van der Waals surface area contributed by atoms with Gasteiger partial charge >= 0.3 is 0 Å². The molecule has 3 aliphatic rings. The zero-order valence-electron chi connectivity index (χ0n) is 10.8. The van der Waals surface area contributed by atoms with Crippen LogP contribution < -0.4 is 0 Å². The molecule has 0 saturated heterocycles. The average Bonchev–Trinajstić information content (AvgIpc) is 2.58. The maximum atomic E-state index is 11.0. The lowest BCUT2D eigenvalue weighted by atomic mass is 9.66. The van der Waals surface area contributed by atoms with Crippen LogP contribution in [0, 0.1) is 22.7 Å². The highest BCUT2D eigenvalue weighted by Gasteiger charge is 2.70. The minimum atomic E-state index is -0.579. The Kier molecular flexibility index (Phi) is 1.86. The molecule has 0 aromatic heterocycles. The minimum Gasteiger partial charge on any atom is -0.385 e. The Balaban J connectivity index is 2.15. The van der Waals surface area contributed by atoms with E-state index in [1.807, 2.05) is 0 Å². The summed E-state index contributed by atoms with van der Waals surface area (Å²) in [6.07, 6.45) is 5.96. The van der Waals surface area contributed by atoms with Crippen LogP contribution in [0.2, 0.25) is 0 Å². The fraction of sp³-hybridized carbons (Fsp3) is 0.867. The lowest BCUT2D eigenvalue weighted by Gasteiger charge is -2.43. The van der Waals surface area contributed by atoms with E-state index in [0.717, 1.165) is 24.3 Å². The van der Waals surface area contributed by atoms with Crippen molar-refractivity contribution in [3.05, 3.63) is 12.2 Å². The minimum absolute atomic E-state index is 0.0331. The highest BCUT2D eigenvalue weighted by Crippen LogP contribution is 2.73. The normalized spacial score (nSPS) is 54.1. The number of hydrogen-bond acceptors (Lipinski definition) is 1. The third-order valence-electron chi connectivity index (χ3n) is 6.56. The summed E-state index contributed by atoms with van der Waals surface area (Å²) in [6.45, 7) is 11.1. The summed E-state index contributed by atoms with van der Waals surface area (Å²) in [5, 5.41) is 11.0. The lowest BCUT2D eigenvalue weighted by molar-refractivity contribution is -0.0332. The number of fused-ring (bicyclic) bond motifs is 1. The quantitative estimate of drug-likeness (QED) is 0.619. The van der Waals surface area contributed by atoms with Crippen molar-refractivity contribution in [2.75, 3.05) is 0 Å². The lowest BCUT2D eigenvalue weighted by Crippen LogP contribution is -2.44. The number of rotatable bonds is 0. The predicted molar refractivity (Wildman–Crippen MR) is 66.0 cm³/mol. The molecule has 0 aromatic carbocycles. The van der Waals surface area contributed by atoms with Crippen LogP contribution in [-0.2, 0) is 0 Å². The fourth-order valence-corrected chi connectivity index (χ4v) is 5.38. The van der Waals surface area contributed by atoms with Crippen LogP contribution in [0.4, 0.5) is 0 Å². The molecule has 90 valence electrons. The second-order valence-electron chi connectivity index (χ2n) is 7.13. The summed E-state index contributed by atoms with van der Waals surface area (Å²) in [5.74, 6) is 1.50. The number of aliphatic hydroxyl groups is 1. The standard InChI is InChI=1S/C15H24O/c1-10-5-6-12-13(3,4)15(16)9-14(10,12)8-7-11(15)2/h10,12,16H,2,5-9H2,1,3-4H3/t10-,12+,14+,15-/m1/s1. The SMILES string of the molecule is C=C1CC[C@@]23C[C@]1(O)C(C)(C)[C@@H]2CC[C@H]3C. The molecule has 0 aromatic rings. The molecule has 0 unspecified atom stereocenters. The summed E-state index contributed by atoms with van der Waals surface area (Å²) in [5.41, 5.74) is 0.986. The average molecular weight is 220 g/mol. The van der Waals surface area contributed by atoms with Gasteiger partial charge in [-0.3, -0.25) is 0 Å². The molecule has 16 heavy (non-hydrogen) atoms. The van der Waals surface area contributed by atoms with Crippen molar-refractivity contribution in [2.24, 2.45) is 22.7 Å². The Bertz CT molecular complexity index is 356. The van der Waals surface area contributed by atoms with E-state index in [1.165, 1.54) is 19.3 Å². The van der Waals surface area contributed by atoms with E-state index in [-0.39, 0.29) is 5.41 Å². The van der Waals surface area contributed by atoms with E-state index in [2.05, 4.69) is 27.4 Å². The zero-order valence-corrected chi connectivity index (χ0v) is 10.8. The Labute approximate surface area is 98.9 Å². The van der Waals surface area contributed by atoms with Gasteiger partial charge in [-0.2, -0.15) is 0 Å². The molecule has 0 aliphatic heterocycles. The second kappa shape index (κ2) is 2.75. The van der Waals surface area contributed by atoms with Gasteiger partial charge in [-0.05, 0) is 54.9 Å². The monoisotopic (exact) mass is 220 g/mol. The molecular weight excluding hydrogens is 196 g/mol. The molecule has 3 aliphatic carbocycles. The molecule has 2 bridgehead atoms. The Hall–Kier alpha value is -0.300. The first-order chi connectivity index (χ1) is 7.34. The van der Waals surface area contributed by atoms with Gasteiger partial charge in [0, 0.05) is 5.41 Å². The molecule has 4 atom stereocenters. The van der Waals surface area contributed by atoms with Crippen molar-refractivity contribution in [1.82, 2.24) is 0 Å². The van der Waals surface area contributed by atoms with Gasteiger partial charge in [0.25, 0.3) is 0 Å². The van der Waals surface area contributed by atoms with Crippen LogP contribution in [0.3, 0.4) is 0 Å². The van der Waals surface area contributed by atoms with Crippen molar-refractivity contribution >= 4 is 0 Å². The van der Waals surface area contributed by atoms with Gasteiger partial charge in [0.05, 0.1) is 5.60 Å². The topological polar surface area (TPSA) is 20.2 Å². The van der Waals surface area contributed by atoms with E-state index in [0.29, 0.717) is 11.3 Å². The first-order valence-electron chi connectivity index (χ1n) is 6.75. The molecule has 1 heteroatoms. The van der Waals surface area contributed by atoms with Gasteiger partial charge in [-0.15, -0.1) is 0 Å². The van der Waals surface area contributed by atoms with Gasteiger partial charge in [0.2, 0.25) is 0 Å². The van der Waals surface area contributed by atoms with Crippen LogP contribution in [0.1, 0.15) is 52.9 Å². The molecule has 1 N–H and O–H groups in total. The van der Waals surface area contributed by atoms with Gasteiger partial charge in [0.1, 0.15) is 0 Å². The molecule has 3 rings (SSSR count). The Morgan fingerprint density at radius 2 is 2.00 bits per heavy atom. The van der Waals surface area contributed by atoms with Gasteiger partial charge in [-0.1, -0.05) is 27.4 Å². The Morgan fingerprint density at radius 1 is 1.31 bits per heavy atom. The van der Waals surface area contributed by atoms with E-state index < -0.39 is 5.60 Å². The molecule has 1 nitrogen and oxygen atoms in total. The third kappa shape index (κ3) is 0.895. The summed E-state index contributed by atoms with van der Waals surface area (Å²) in [7, 11) is 0. The second-order valence-corrected chi connectivity index (χ2v) is 7.13. The van der Waals surface area contributed by atoms with Crippen molar-refractivity contribution in [3.63, 3.8) is 0 Å².